The Bertz CT molecular complexity index is 1410. The second-order valence-corrected chi connectivity index (χ2v) is 11.3. The third kappa shape index (κ3) is 5.56. The number of esters is 1. The highest BCUT2D eigenvalue weighted by Crippen LogP contribution is 2.49. The van der Waals surface area contributed by atoms with E-state index >= 15 is 0 Å². The van der Waals surface area contributed by atoms with Gasteiger partial charge in [-0.3, -0.25) is 0 Å². The Labute approximate surface area is 257 Å². The zero-order valence-corrected chi connectivity index (χ0v) is 26.7. The number of rotatable bonds is 9. The number of fused-ring (bicyclic) bond motifs is 1. The van der Waals surface area contributed by atoms with Crippen molar-refractivity contribution in [3.05, 3.63) is 95.9 Å². The molecule has 1 heterocycles. The number of halogens is 4. The second-order valence-electron chi connectivity index (χ2n) is 9.79. The maximum atomic E-state index is 13.0. The third-order valence-electron chi connectivity index (χ3n) is 7.60. The van der Waals surface area contributed by atoms with Crippen LogP contribution in [0.5, 0.6) is 0 Å². The fourth-order valence-corrected chi connectivity index (χ4v) is 6.46. The van der Waals surface area contributed by atoms with Gasteiger partial charge in [-0.25, -0.2) is 4.79 Å². The Morgan fingerprint density at radius 1 is 0.750 bits per heavy atom. The van der Waals surface area contributed by atoms with Crippen LogP contribution < -0.4 is 9.80 Å². The van der Waals surface area contributed by atoms with Gasteiger partial charge >= 0.3 is 5.97 Å². The fraction of sp³-hybridized carbons (Fsp3) is 0.344. The summed E-state index contributed by atoms with van der Waals surface area (Å²) in [5.41, 5.74) is 8.10. The van der Waals surface area contributed by atoms with E-state index in [9.17, 15) is 4.79 Å². The number of carbonyl (C=O) groups excluding carboxylic acids is 1. The number of hydrogen-bond acceptors (Lipinski definition) is 4. The molecule has 0 N–H and O–H groups in total. The summed E-state index contributed by atoms with van der Waals surface area (Å²) in [5.74, 6) is -0.580. The molecule has 0 saturated heterocycles. The minimum absolute atomic E-state index is 0.0413. The molecule has 1 aliphatic rings. The van der Waals surface area contributed by atoms with Crippen LogP contribution in [0.4, 0.5) is 11.4 Å². The summed E-state index contributed by atoms with van der Waals surface area (Å²) >= 11 is 25.8. The van der Waals surface area contributed by atoms with Gasteiger partial charge in [-0.1, -0.05) is 58.5 Å². The Morgan fingerprint density at radius 3 is 1.62 bits per heavy atom. The van der Waals surface area contributed by atoms with Crippen LogP contribution >= 0.6 is 46.4 Å². The van der Waals surface area contributed by atoms with Gasteiger partial charge in [0.05, 0.1) is 25.7 Å². The fourth-order valence-electron chi connectivity index (χ4n) is 5.41. The quantitative estimate of drug-likeness (QED) is 0.135. The minimum atomic E-state index is -0.791. The van der Waals surface area contributed by atoms with Crippen LogP contribution in [0, 0.1) is 13.8 Å². The predicted molar refractivity (Wildman–Crippen MR) is 171 cm³/mol. The lowest BCUT2D eigenvalue weighted by Gasteiger charge is -2.25. The smallest absolute Gasteiger partial charge is 0.341 e. The van der Waals surface area contributed by atoms with E-state index in [4.69, 9.17) is 51.1 Å². The number of ether oxygens (including phenoxy) is 1. The number of aryl methyl sites for hydroxylation is 2. The van der Waals surface area contributed by atoms with E-state index < -0.39 is 12.1 Å². The molecule has 1 aliphatic heterocycles. The van der Waals surface area contributed by atoms with Crippen molar-refractivity contribution in [2.75, 3.05) is 36.0 Å². The van der Waals surface area contributed by atoms with Crippen LogP contribution in [0.3, 0.4) is 0 Å². The predicted octanol–water partition coefficient (Wildman–Crippen LogP) is 9.95. The number of hydrogen-bond donors (Lipinski definition) is 0. The molecule has 3 aromatic carbocycles. The average Bonchev–Trinajstić information content (AvgIpc) is 3.27. The zero-order chi connectivity index (χ0) is 29.3. The average molecular weight is 620 g/mol. The highest BCUT2D eigenvalue weighted by molar-refractivity contribution is 6.53. The van der Waals surface area contributed by atoms with Crippen LogP contribution in [-0.2, 0) is 4.74 Å². The van der Waals surface area contributed by atoms with Crippen LogP contribution in [0.15, 0.2) is 42.5 Å². The molecule has 40 heavy (non-hydrogen) atoms. The van der Waals surface area contributed by atoms with Crippen molar-refractivity contribution in [2.24, 2.45) is 0 Å². The van der Waals surface area contributed by atoms with E-state index in [0.717, 1.165) is 65.4 Å². The van der Waals surface area contributed by atoms with Gasteiger partial charge in [0, 0.05) is 43.1 Å². The number of cyclic esters (lactones) is 1. The van der Waals surface area contributed by atoms with Gasteiger partial charge in [-0.2, -0.15) is 0 Å². The monoisotopic (exact) mass is 618 g/mol. The van der Waals surface area contributed by atoms with Crippen molar-refractivity contribution in [1.82, 2.24) is 0 Å². The van der Waals surface area contributed by atoms with E-state index in [2.05, 4.69) is 87.7 Å². The maximum Gasteiger partial charge on any atom is 0.341 e. The SMILES string of the molecule is CCN(CC)c1ccc(C(=CC2OC(=O)c3c(Cl)c(Cl)c(Cl)c(Cl)c32)c2ccc(N(CC)CC)cc2C)c(C)c1. The van der Waals surface area contributed by atoms with Crippen LogP contribution in [-0.4, -0.2) is 32.1 Å². The zero-order valence-electron chi connectivity index (χ0n) is 23.7. The van der Waals surface area contributed by atoms with E-state index in [1.54, 1.807) is 0 Å². The molecular weight excluding hydrogens is 586 g/mol. The normalized spacial score (nSPS) is 14.2. The van der Waals surface area contributed by atoms with Crippen LogP contribution in [0.25, 0.3) is 5.57 Å². The molecule has 4 rings (SSSR count). The molecule has 0 amide bonds. The Morgan fingerprint density at radius 2 is 1.20 bits per heavy atom. The van der Waals surface area contributed by atoms with Crippen molar-refractivity contribution in [1.29, 1.82) is 0 Å². The minimum Gasteiger partial charge on any atom is -0.449 e. The molecule has 0 saturated carbocycles. The lowest BCUT2D eigenvalue weighted by atomic mass is 9.89. The molecule has 0 fully saturated rings. The van der Waals surface area contributed by atoms with E-state index in [0.29, 0.717) is 5.56 Å². The van der Waals surface area contributed by atoms with Crippen molar-refractivity contribution in [3.63, 3.8) is 0 Å². The molecule has 0 radical (unpaired) electrons. The topological polar surface area (TPSA) is 32.8 Å². The summed E-state index contributed by atoms with van der Waals surface area (Å²) in [4.78, 5) is 17.6. The molecule has 0 aliphatic carbocycles. The van der Waals surface area contributed by atoms with Gasteiger partial charge in [-0.15, -0.1) is 0 Å². The van der Waals surface area contributed by atoms with Gasteiger partial charge in [0.1, 0.15) is 6.10 Å². The van der Waals surface area contributed by atoms with Gasteiger partial charge in [-0.05, 0) is 99.7 Å². The summed E-state index contributed by atoms with van der Waals surface area (Å²) in [5, 5.41) is 0.358. The molecule has 0 bridgehead atoms. The molecule has 3 aromatic rings. The Kier molecular flexibility index (Phi) is 9.67. The molecule has 1 atom stereocenters. The van der Waals surface area contributed by atoms with E-state index in [-0.39, 0.29) is 25.7 Å². The van der Waals surface area contributed by atoms with Gasteiger partial charge < -0.3 is 14.5 Å². The first-order valence-electron chi connectivity index (χ1n) is 13.6. The number of benzene rings is 3. The van der Waals surface area contributed by atoms with Gasteiger partial charge in [0.25, 0.3) is 0 Å². The molecule has 4 nitrogen and oxygen atoms in total. The third-order valence-corrected chi connectivity index (χ3v) is 9.42. The van der Waals surface area contributed by atoms with Crippen molar-refractivity contribution in [3.8, 4) is 0 Å². The lowest BCUT2D eigenvalue weighted by Crippen LogP contribution is -2.22. The number of carbonyl (C=O) groups is 1. The summed E-state index contributed by atoms with van der Waals surface area (Å²) < 4.78 is 5.83. The maximum absolute atomic E-state index is 13.0. The van der Waals surface area contributed by atoms with Gasteiger partial charge in [0.15, 0.2) is 0 Å². The molecule has 1 unspecified atom stereocenters. The molecule has 0 aromatic heterocycles. The van der Waals surface area contributed by atoms with Gasteiger partial charge in [0.2, 0.25) is 0 Å². The standard InChI is InChI=1S/C32H34Cl4N2O2/c1-7-37(8-2)20-11-13-22(18(5)15-20)24(23-14-12-21(16-19(23)6)38(9-3)10-4)17-25-26-27(32(39)40-25)29(34)31(36)30(35)28(26)33/h11-17,25H,7-10H2,1-6H3. The highest BCUT2D eigenvalue weighted by Gasteiger charge is 2.38. The summed E-state index contributed by atoms with van der Waals surface area (Å²) in [7, 11) is 0. The Hall–Kier alpha value is -2.37. The van der Waals surface area contributed by atoms with E-state index in [1.807, 2.05) is 6.08 Å². The van der Waals surface area contributed by atoms with Crippen molar-refractivity contribution >= 4 is 69.3 Å². The number of anilines is 2. The largest absolute Gasteiger partial charge is 0.449 e. The van der Waals surface area contributed by atoms with E-state index in [1.165, 1.54) is 0 Å². The molecule has 0 spiro atoms. The number of nitrogens with zero attached hydrogens (tertiary/aromatic N) is 2. The highest BCUT2D eigenvalue weighted by atomic mass is 35.5. The first kappa shape index (κ1) is 30.6. The second kappa shape index (κ2) is 12.7. The first-order valence-corrected chi connectivity index (χ1v) is 15.1. The van der Waals surface area contributed by atoms with Crippen molar-refractivity contribution in [2.45, 2.75) is 47.6 Å². The molecule has 212 valence electrons. The first-order chi connectivity index (χ1) is 19.1. The van der Waals surface area contributed by atoms with Crippen molar-refractivity contribution < 1.29 is 9.53 Å². The summed E-state index contributed by atoms with van der Waals surface area (Å²) in [6.45, 7) is 16.5. The summed E-state index contributed by atoms with van der Waals surface area (Å²) in [6, 6.07) is 12.9. The molecule has 8 heteroatoms. The summed E-state index contributed by atoms with van der Waals surface area (Å²) in [6.07, 6.45) is 1.15. The van der Waals surface area contributed by atoms with Crippen LogP contribution in [0.1, 0.15) is 72.0 Å². The lowest BCUT2D eigenvalue weighted by molar-refractivity contribution is 0.0468. The Balaban J connectivity index is 1.94. The molecular formula is C32H34Cl4N2O2. The van der Waals surface area contributed by atoms with Crippen LogP contribution in [0.2, 0.25) is 20.1 Å².